The monoisotopic (exact) mass is 354 g/mol. The van der Waals surface area contributed by atoms with Crippen molar-refractivity contribution in [3.05, 3.63) is 16.0 Å². The molecule has 132 valence electrons. The van der Waals surface area contributed by atoms with Gasteiger partial charge in [-0.2, -0.15) is 0 Å². The summed E-state index contributed by atoms with van der Waals surface area (Å²) in [5.41, 5.74) is 1.52. The molecule has 2 rings (SSSR count). The minimum Gasteiger partial charge on any atom is -0.465 e. The first-order valence-electron chi connectivity index (χ1n) is 8.11. The van der Waals surface area contributed by atoms with E-state index in [4.69, 9.17) is 4.74 Å². The average Bonchev–Trinajstić information content (AvgIpc) is 2.75. The largest absolute Gasteiger partial charge is 0.465 e. The second-order valence-corrected chi connectivity index (χ2v) is 6.78. The van der Waals surface area contributed by atoms with Crippen LogP contribution in [0.2, 0.25) is 0 Å². The number of anilines is 1. The number of methoxy groups -OCH3 is 1. The highest BCUT2D eigenvalue weighted by molar-refractivity contribution is 7.17. The van der Waals surface area contributed by atoms with E-state index in [9.17, 15) is 14.4 Å². The molecule has 0 unspecified atom stereocenters. The predicted octanol–water partition coefficient (Wildman–Crippen LogP) is 0.0515. The van der Waals surface area contributed by atoms with Crippen LogP contribution in [0.15, 0.2) is 0 Å². The van der Waals surface area contributed by atoms with Crippen molar-refractivity contribution < 1.29 is 24.4 Å². The van der Waals surface area contributed by atoms with Crippen LogP contribution in [0.3, 0.4) is 0 Å². The van der Waals surface area contributed by atoms with Crippen molar-refractivity contribution in [2.24, 2.45) is 0 Å². The number of aryl methyl sites for hydroxylation is 1. The summed E-state index contributed by atoms with van der Waals surface area (Å²) in [6, 6.07) is 0. The van der Waals surface area contributed by atoms with E-state index < -0.39 is 5.97 Å². The van der Waals surface area contributed by atoms with Gasteiger partial charge in [-0.3, -0.25) is 9.59 Å². The van der Waals surface area contributed by atoms with Gasteiger partial charge in [-0.15, -0.1) is 11.3 Å². The smallest absolute Gasteiger partial charge is 0.341 e. The number of quaternary nitrogens is 1. The van der Waals surface area contributed by atoms with Gasteiger partial charge in [0.1, 0.15) is 5.00 Å². The molecule has 0 saturated carbocycles. The fourth-order valence-corrected chi connectivity index (χ4v) is 4.06. The van der Waals surface area contributed by atoms with Crippen molar-refractivity contribution in [1.29, 1.82) is 0 Å². The van der Waals surface area contributed by atoms with Crippen LogP contribution in [0.4, 0.5) is 5.00 Å². The summed E-state index contributed by atoms with van der Waals surface area (Å²) in [4.78, 5) is 36.6. The number of hydrogen-bond acceptors (Lipinski definition) is 5. The molecule has 2 amide bonds. The molecule has 0 fully saturated rings. The van der Waals surface area contributed by atoms with Gasteiger partial charge in [0.05, 0.1) is 12.7 Å². The van der Waals surface area contributed by atoms with Crippen molar-refractivity contribution >= 4 is 34.1 Å². The Morgan fingerprint density at radius 1 is 1.12 bits per heavy atom. The molecule has 0 atom stereocenters. The maximum Gasteiger partial charge on any atom is 0.341 e. The molecule has 1 aromatic heterocycles. The maximum absolute atomic E-state index is 12.2. The Bertz CT molecular complexity index is 627. The van der Waals surface area contributed by atoms with Crippen LogP contribution in [-0.2, 0) is 27.2 Å². The fraction of sp³-hybridized carbons (Fsp3) is 0.562. The molecule has 0 radical (unpaired) electrons. The van der Waals surface area contributed by atoms with E-state index in [-0.39, 0.29) is 24.9 Å². The lowest BCUT2D eigenvalue weighted by Gasteiger charge is -2.07. The maximum atomic E-state index is 12.2. The van der Waals surface area contributed by atoms with E-state index in [2.05, 4.69) is 10.6 Å². The van der Waals surface area contributed by atoms with Crippen LogP contribution in [0.25, 0.3) is 0 Å². The zero-order valence-corrected chi connectivity index (χ0v) is 14.9. The normalized spacial score (nSPS) is 13.6. The molecule has 1 heterocycles. The molecular weight excluding hydrogens is 330 g/mol. The first-order valence-corrected chi connectivity index (χ1v) is 8.93. The molecule has 1 aliphatic rings. The number of likely N-dealkylation sites (N-methyl/N-ethyl adjacent to an activating group) is 1. The number of hydrogen-bond donors (Lipinski definition) is 3. The fourth-order valence-electron chi connectivity index (χ4n) is 2.76. The van der Waals surface area contributed by atoms with Gasteiger partial charge in [0.15, 0.2) is 13.1 Å². The number of nitrogens with one attached hydrogen (secondary N) is 2. The highest BCUT2D eigenvalue weighted by Crippen LogP contribution is 2.37. The van der Waals surface area contributed by atoms with E-state index in [1.165, 1.54) is 18.4 Å². The SMILES string of the molecule is CNC(=O)C[NH2+]CC(=O)Nc1sc2c(c1C(=O)OC)CCCCC2. The minimum atomic E-state index is -0.404. The van der Waals surface area contributed by atoms with Crippen LogP contribution in [0, 0.1) is 0 Å². The van der Waals surface area contributed by atoms with Crippen LogP contribution < -0.4 is 16.0 Å². The molecule has 0 saturated heterocycles. The third-order valence-corrected chi connectivity index (χ3v) is 5.21. The Morgan fingerprint density at radius 2 is 1.83 bits per heavy atom. The summed E-state index contributed by atoms with van der Waals surface area (Å²) in [5, 5.41) is 7.49. The van der Waals surface area contributed by atoms with Gasteiger partial charge in [-0.25, -0.2) is 4.79 Å². The third kappa shape index (κ3) is 4.55. The molecular formula is C16H24N3O4S+. The first-order chi connectivity index (χ1) is 11.6. The van der Waals surface area contributed by atoms with E-state index in [0.717, 1.165) is 42.5 Å². The van der Waals surface area contributed by atoms with Crippen LogP contribution in [0.5, 0.6) is 0 Å². The Hall–Kier alpha value is -1.93. The van der Waals surface area contributed by atoms with E-state index in [1.807, 2.05) is 0 Å². The van der Waals surface area contributed by atoms with Crippen LogP contribution >= 0.6 is 11.3 Å². The zero-order chi connectivity index (χ0) is 17.5. The van der Waals surface area contributed by atoms with Gasteiger partial charge in [0, 0.05) is 11.9 Å². The zero-order valence-electron chi connectivity index (χ0n) is 14.1. The van der Waals surface area contributed by atoms with E-state index >= 15 is 0 Å². The number of carbonyl (C=O) groups excluding carboxylic acids is 3. The van der Waals surface area contributed by atoms with Crippen LogP contribution in [0.1, 0.15) is 40.1 Å². The van der Waals surface area contributed by atoms with E-state index in [1.54, 1.807) is 12.4 Å². The minimum absolute atomic E-state index is 0.122. The Morgan fingerprint density at radius 3 is 2.54 bits per heavy atom. The van der Waals surface area contributed by atoms with Gasteiger partial charge < -0.3 is 20.7 Å². The van der Waals surface area contributed by atoms with Gasteiger partial charge in [-0.05, 0) is 31.2 Å². The third-order valence-electron chi connectivity index (χ3n) is 4.00. The summed E-state index contributed by atoms with van der Waals surface area (Å²) in [6.45, 7) is 0.311. The standard InChI is InChI=1S/C16H23N3O4S/c1-17-12(20)8-18-9-13(21)19-15-14(16(22)23-2)10-6-4-3-5-7-11(10)24-15/h18H,3-9H2,1-2H3,(H,17,20)(H,19,21)/p+1. The molecule has 0 aromatic carbocycles. The van der Waals surface area contributed by atoms with Gasteiger partial charge in [-0.1, -0.05) is 6.42 Å². The summed E-state index contributed by atoms with van der Waals surface area (Å²) in [5.74, 6) is -0.777. The lowest BCUT2D eigenvalue weighted by molar-refractivity contribution is -0.632. The number of thiophene rings is 1. The van der Waals surface area contributed by atoms with Crippen LogP contribution in [-0.4, -0.2) is 45.0 Å². The molecule has 24 heavy (non-hydrogen) atoms. The van der Waals surface area contributed by atoms with Crippen molar-refractivity contribution in [2.45, 2.75) is 32.1 Å². The number of amides is 2. The number of esters is 1. The highest BCUT2D eigenvalue weighted by atomic mass is 32.1. The Labute approximate surface area is 145 Å². The number of carbonyl (C=O) groups is 3. The molecule has 1 aromatic rings. The second-order valence-electron chi connectivity index (χ2n) is 5.68. The molecule has 7 nitrogen and oxygen atoms in total. The first kappa shape index (κ1) is 18.4. The molecule has 1 aliphatic carbocycles. The van der Waals surface area contributed by atoms with Crippen molar-refractivity contribution in [3.8, 4) is 0 Å². The number of ether oxygens (including phenoxy) is 1. The summed E-state index contributed by atoms with van der Waals surface area (Å²) in [6.07, 6.45) is 5.07. The number of nitrogens with two attached hydrogens (primary N) is 1. The van der Waals surface area contributed by atoms with Crippen molar-refractivity contribution in [1.82, 2.24) is 5.32 Å². The summed E-state index contributed by atoms with van der Waals surface area (Å²) in [7, 11) is 2.91. The predicted molar refractivity (Wildman–Crippen MR) is 91.3 cm³/mol. The molecule has 0 bridgehead atoms. The summed E-state index contributed by atoms with van der Waals surface area (Å²) < 4.78 is 4.91. The highest BCUT2D eigenvalue weighted by Gasteiger charge is 2.26. The lowest BCUT2D eigenvalue weighted by atomic mass is 10.1. The van der Waals surface area contributed by atoms with E-state index in [0.29, 0.717) is 10.6 Å². The second kappa shape index (κ2) is 8.79. The van der Waals surface area contributed by atoms with Crippen molar-refractivity contribution in [3.63, 3.8) is 0 Å². The number of rotatable bonds is 6. The van der Waals surface area contributed by atoms with Gasteiger partial charge in [0.25, 0.3) is 11.8 Å². The summed E-state index contributed by atoms with van der Waals surface area (Å²) >= 11 is 1.47. The molecule has 8 heteroatoms. The van der Waals surface area contributed by atoms with Gasteiger partial charge in [0.2, 0.25) is 0 Å². The molecule has 0 aliphatic heterocycles. The lowest BCUT2D eigenvalue weighted by Crippen LogP contribution is -2.88. The van der Waals surface area contributed by atoms with Crippen molar-refractivity contribution in [2.75, 3.05) is 32.6 Å². The average molecular weight is 354 g/mol. The quantitative estimate of drug-likeness (QED) is 0.496. The topological polar surface area (TPSA) is 101 Å². The molecule has 0 spiro atoms. The van der Waals surface area contributed by atoms with Gasteiger partial charge >= 0.3 is 5.97 Å². The Balaban J connectivity index is 2.10. The number of fused-ring (bicyclic) bond motifs is 1. The Kier molecular flexibility index (Phi) is 6.74. The molecule has 4 N–H and O–H groups in total.